The Morgan fingerprint density at radius 1 is 1.19 bits per heavy atom. The average molecular weight is 386 g/mol. The molecule has 1 N–H and O–H groups in total. The summed E-state index contributed by atoms with van der Waals surface area (Å²) < 4.78 is 0.895. The molecule has 0 atom stereocenters. The van der Waals surface area contributed by atoms with Crippen molar-refractivity contribution in [1.82, 2.24) is 4.98 Å². The Labute approximate surface area is 157 Å². The first-order chi connectivity index (χ1) is 12.8. The first-order valence-corrected chi connectivity index (χ1v) is 8.76. The van der Waals surface area contributed by atoms with Crippen molar-refractivity contribution < 1.29 is 14.6 Å². The Hall–Kier alpha value is -3.40. The Bertz CT molecular complexity index is 1090. The van der Waals surface area contributed by atoms with Crippen LogP contribution in [-0.2, 0) is 6.42 Å². The van der Waals surface area contributed by atoms with E-state index in [4.69, 9.17) is 0 Å². The minimum Gasteiger partial charge on any atom is -0.298 e. The van der Waals surface area contributed by atoms with Crippen LogP contribution in [0.5, 0.6) is 0 Å². The highest BCUT2D eigenvalue weighted by molar-refractivity contribution is 7.22. The van der Waals surface area contributed by atoms with Crippen molar-refractivity contribution in [2.45, 2.75) is 20.3 Å². The number of amides is 1. The molecule has 2 aromatic carbocycles. The highest BCUT2D eigenvalue weighted by atomic mass is 32.1. The molecule has 138 valence electrons. The zero-order valence-corrected chi connectivity index (χ0v) is 15.2. The molecular weight excluding hydrogens is 372 g/mol. The number of nitro benzene ring substituents is 2. The molecule has 1 heterocycles. The summed E-state index contributed by atoms with van der Waals surface area (Å²) in [6.07, 6.45) is 0.867. The summed E-state index contributed by atoms with van der Waals surface area (Å²) in [6, 6.07) is 7.65. The minimum absolute atomic E-state index is 0.0532. The third kappa shape index (κ3) is 3.60. The van der Waals surface area contributed by atoms with Gasteiger partial charge in [-0.3, -0.25) is 30.3 Å². The molecule has 0 fully saturated rings. The van der Waals surface area contributed by atoms with E-state index in [0.717, 1.165) is 28.8 Å². The maximum absolute atomic E-state index is 12.6. The molecule has 0 aliphatic heterocycles. The van der Waals surface area contributed by atoms with Gasteiger partial charge in [-0.25, -0.2) is 4.98 Å². The predicted octanol–water partition coefficient (Wildman–Crippen LogP) is 4.24. The highest BCUT2D eigenvalue weighted by Crippen LogP contribution is 2.30. The van der Waals surface area contributed by atoms with Gasteiger partial charge in [-0.2, -0.15) is 0 Å². The summed E-state index contributed by atoms with van der Waals surface area (Å²) >= 11 is 1.27. The summed E-state index contributed by atoms with van der Waals surface area (Å²) in [6.45, 7) is 3.41. The number of hydrogen-bond donors (Lipinski definition) is 1. The van der Waals surface area contributed by atoms with Crippen molar-refractivity contribution in [3.8, 4) is 0 Å². The van der Waals surface area contributed by atoms with E-state index < -0.39 is 27.1 Å². The fourth-order valence-electron chi connectivity index (χ4n) is 2.62. The van der Waals surface area contributed by atoms with Crippen LogP contribution in [0.2, 0.25) is 0 Å². The van der Waals surface area contributed by atoms with Gasteiger partial charge in [-0.05, 0) is 31.0 Å². The lowest BCUT2D eigenvalue weighted by atomic mass is 10.0. The maximum Gasteiger partial charge on any atom is 0.279 e. The van der Waals surface area contributed by atoms with Crippen LogP contribution in [0.4, 0.5) is 16.5 Å². The number of carbonyl (C=O) groups excluding carboxylic acids is 1. The molecule has 0 saturated heterocycles. The molecular formula is C17H14N4O5S. The Balaban J connectivity index is 1.98. The predicted molar refractivity (Wildman–Crippen MR) is 101 cm³/mol. The van der Waals surface area contributed by atoms with Crippen molar-refractivity contribution in [3.05, 3.63) is 67.3 Å². The van der Waals surface area contributed by atoms with Crippen LogP contribution in [0, 0.1) is 27.2 Å². The summed E-state index contributed by atoms with van der Waals surface area (Å²) in [5.41, 5.74) is 0.769. The van der Waals surface area contributed by atoms with E-state index >= 15 is 0 Å². The SMILES string of the molecule is CCc1ccc2nc(NC(=O)c3cc([N+](=O)[O-])cc([N+](=O)[O-])c3C)sc2c1. The monoisotopic (exact) mass is 386 g/mol. The topological polar surface area (TPSA) is 128 Å². The molecule has 27 heavy (non-hydrogen) atoms. The van der Waals surface area contributed by atoms with Gasteiger partial charge < -0.3 is 0 Å². The second-order valence-electron chi connectivity index (χ2n) is 5.78. The van der Waals surface area contributed by atoms with Gasteiger partial charge in [0.05, 0.1) is 31.7 Å². The van der Waals surface area contributed by atoms with Crippen molar-refractivity contribution in [2.24, 2.45) is 0 Å². The van der Waals surface area contributed by atoms with E-state index in [1.807, 2.05) is 25.1 Å². The van der Waals surface area contributed by atoms with Crippen LogP contribution in [-0.4, -0.2) is 20.7 Å². The zero-order chi connectivity index (χ0) is 19.7. The van der Waals surface area contributed by atoms with Crippen LogP contribution >= 0.6 is 11.3 Å². The molecule has 10 heteroatoms. The number of nitrogens with one attached hydrogen (secondary N) is 1. The molecule has 1 amide bonds. The average Bonchev–Trinajstić information content (AvgIpc) is 3.02. The third-order valence-corrected chi connectivity index (χ3v) is 5.03. The lowest BCUT2D eigenvalue weighted by Crippen LogP contribution is -2.14. The van der Waals surface area contributed by atoms with Gasteiger partial charge in [0, 0.05) is 11.6 Å². The van der Waals surface area contributed by atoms with Crippen LogP contribution in [0.25, 0.3) is 10.2 Å². The smallest absolute Gasteiger partial charge is 0.279 e. The molecule has 0 aliphatic carbocycles. The first-order valence-electron chi connectivity index (χ1n) is 7.94. The fourth-order valence-corrected chi connectivity index (χ4v) is 3.55. The summed E-state index contributed by atoms with van der Waals surface area (Å²) in [4.78, 5) is 37.6. The molecule has 3 aromatic rings. The van der Waals surface area contributed by atoms with E-state index in [1.165, 1.54) is 18.3 Å². The van der Waals surface area contributed by atoms with Crippen molar-refractivity contribution >= 4 is 44.0 Å². The Morgan fingerprint density at radius 3 is 2.56 bits per heavy atom. The molecule has 3 rings (SSSR count). The van der Waals surface area contributed by atoms with E-state index in [1.54, 1.807) is 0 Å². The molecule has 0 spiro atoms. The van der Waals surface area contributed by atoms with E-state index in [2.05, 4.69) is 10.3 Å². The minimum atomic E-state index is -0.771. The van der Waals surface area contributed by atoms with Gasteiger partial charge in [0.2, 0.25) is 0 Å². The molecule has 9 nitrogen and oxygen atoms in total. The van der Waals surface area contributed by atoms with Crippen LogP contribution in [0.3, 0.4) is 0 Å². The Kier molecular flexibility index (Phi) is 4.82. The fraction of sp³-hybridized carbons (Fsp3) is 0.176. The number of non-ortho nitro benzene ring substituents is 1. The largest absolute Gasteiger partial charge is 0.298 e. The summed E-state index contributed by atoms with van der Waals surface area (Å²) in [7, 11) is 0. The number of benzene rings is 2. The summed E-state index contributed by atoms with van der Waals surface area (Å²) in [5, 5.41) is 25.1. The normalized spacial score (nSPS) is 10.7. The van der Waals surface area contributed by atoms with Gasteiger partial charge in [0.25, 0.3) is 17.3 Å². The molecule has 0 saturated carbocycles. The first kappa shape index (κ1) is 18.4. The molecule has 0 radical (unpaired) electrons. The van der Waals surface area contributed by atoms with Crippen molar-refractivity contribution in [2.75, 3.05) is 5.32 Å². The van der Waals surface area contributed by atoms with Gasteiger partial charge >= 0.3 is 0 Å². The van der Waals surface area contributed by atoms with E-state index in [9.17, 15) is 25.0 Å². The zero-order valence-electron chi connectivity index (χ0n) is 14.4. The number of nitro groups is 2. The number of aromatic nitrogens is 1. The van der Waals surface area contributed by atoms with Crippen LogP contribution in [0.15, 0.2) is 30.3 Å². The van der Waals surface area contributed by atoms with E-state index in [-0.39, 0.29) is 11.1 Å². The van der Waals surface area contributed by atoms with Crippen molar-refractivity contribution in [3.63, 3.8) is 0 Å². The van der Waals surface area contributed by atoms with Gasteiger partial charge in [-0.1, -0.05) is 24.3 Å². The van der Waals surface area contributed by atoms with E-state index in [0.29, 0.717) is 10.6 Å². The lowest BCUT2D eigenvalue weighted by Gasteiger charge is -2.06. The number of hydrogen-bond acceptors (Lipinski definition) is 7. The number of carbonyl (C=O) groups is 1. The van der Waals surface area contributed by atoms with Gasteiger partial charge in [0.1, 0.15) is 0 Å². The number of rotatable bonds is 5. The molecule has 0 bridgehead atoms. The third-order valence-electron chi connectivity index (χ3n) is 4.10. The standard InChI is InChI=1S/C17H14N4O5S/c1-3-10-4-5-13-15(6-10)27-17(18-13)19-16(22)12-7-11(20(23)24)8-14(9(12)2)21(25)26/h4-8H,3H2,1-2H3,(H,18,19,22). The molecule has 0 aliphatic rings. The van der Waals surface area contributed by atoms with Gasteiger partial charge in [-0.15, -0.1) is 0 Å². The lowest BCUT2D eigenvalue weighted by molar-refractivity contribution is -0.394. The summed E-state index contributed by atoms with van der Waals surface area (Å²) in [5.74, 6) is -0.686. The number of nitrogens with zero attached hydrogens (tertiary/aromatic N) is 3. The quantitative estimate of drug-likeness (QED) is 0.516. The van der Waals surface area contributed by atoms with Crippen LogP contribution in [0.1, 0.15) is 28.4 Å². The van der Waals surface area contributed by atoms with Crippen LogP contribution < -0.4 is 5.32 Å². The van der Waals surface area contributed by atoms with Crippen molar-refractivity contribution in [1.29, 1.82) is 0 Å². The number of anilines is 1. The second-order valence-corrected chi connectivity index (χ2v) is 6.81. The second kappa shape index (κ2) is 7.08. The maximum atomic E-state index is 12.6. The number of aryl methyl sites for hydroxylation is 1. The number of thiazole rings is 1. The number of fused-ring (bicyclic) bond motifs is 1. The Morgan fingerprint density at radius 2 is 1.93 bits per heavy atom. The molecule has 0 unspecified atom stereocenters. The highest BCUT2D eigenvalue weighted by Gasteiger charge is 2.25. The molecule has 1 aromatic heterocycles. The van der Waals surface area contributed by atoms with Gasteiger partial charge in [0.15, 0.2) is 5.13 Å².